The SMILES string of the molecule is CCOC(=O)N1CCC(C(=O)N2CCN(c3ccc(OC)cc3)CC2)CC1. The summed E-state index contributed by atoms with van der Waals surface area (Å²) in [5.74, 6) is 1.10. The van der Waals surface area contributed by atoms with Crippen LogP contribution in [0.2, 0.25) is 0 Å². The Kier molecular flexibility index (Phi) is 6.42. The molecule has 2 saturated heterocycles. The first-order valence-electron chi connectivity index (χ1n) is 9.72. The third kappa shape index (κ3) is 4.64. The van der Waals surface area contributed by atoms with Gasteiger partial charge >= 0.3 is 6.09 Å². The zero-order valence-corrected chi connectivity index (χ0v) is 16.2. The average Bonchev–Trinajstić information content (AvgIpc) is 2.74. The van der Waals surface area contributed by atoms with E-state index in [2.05, 4.69) is 17.0 Å². The van der Waals surface area contributed by atoms with Crippen molar-refractivity contribution in [2.24, 2.45) is 5.92 Å². The molecule has 0 bridgehead atoms. The van der Waals surface area contributed by atoms with E-state index in [9.17, 15) is 9.59 Å². The van der Waals surface area contributed by atoms with Gasteiger partial charge in [0.1, 0.15) is 5.75 Å². The van der Waals surface area contributed by atoms with Crippen LogP contribution >= 0.6 is 0 Å². The van der Waals surface area contributed by atoms with Crippen LogP contribution in [0.4, 0.5) is 10.5 Å². The zero-order chi connectivity index (χ0) is 19.2. The predicted octanol–water partition coefficient (Wildman–Crippen LogP) is 2.21. The molecule has 3 rings (SSSR count). The standard InChI is InChI=1S/C20H29N3O4/c1-3-27-20(25)23-10-8-16(9-11-23)19(24)22-14-12-21(13-15-22)17-4-6-18(26-2)7-5-17/h4-7,16H,3,8-15H2,1-2H3. The topological polar surface area (TPSA) is 62.3 Å². The van der Waals surface area contributed by atoms with Gasteiger partial charge in [0, 0.05) is 50.9 Å². The van der Waals surface area contributed by atoms with Gasteiger partial charge in [-0.15, -0.1) is 0 Å². The summed E-state index contributed by atoms with van der Waals surface area (Å²) in [5, 5.41) is 0. The molecule has 1 aromatic carbocycles. The molecule has 1 aromatic rings. The van der Waals surface area contributed by atoms with Gasteiger partial charge in [-0.25, -0.2) is 4.79 Å². The van der Waals surface area contributed by atoms with Crippen LogP contribution < -0.4 is 9.64 Å². The van der Waals surface area contributed by atoms with Gasteiger partial charge < -0.3 is 24.2 Å². The van der Waals surface area contributed by atoms with E-state index in [0.717, 1.165) is 50.5 Å². The number of piperidine rings is 1. The molecule has 148 valence electrons. The highest BCUT2D eigenvalue weighted by atomic mass is 16.6. The number of benzene rings is 1. The Morgan fingerprint density at radius 1 is 0.963 bits per heavy atom. The van der Waals surface area contributed by atoms with Crippen molar-refractivity contribution in [3.05, 3.63) is 24.3 Å². The van der Waals surface area contributed by atoms with Crippen LogP contribution in [0.5, 0.6) is 5.75 Å². The van der Waals surface area contributed by atoms with E-state index in [1.807, 2.05) is 17.0 Å². The minimum Gasteiger partial charge on any atom is -0.497 e. The van der Waals surface area contributed by atoms with Gasteiger partial charge in [-0.1, -0.05) is 0 Å². The summed E-state index contributed by atoms with van der Waals surface area (Å²) in [5.41, 5.74) is 1.16. The third-order valence-electron chi connectivity index (χ3n) is 5.40. The molecule has 2 heterocycles. The van der Waals surface area contributed by atoms with Crippen molar-refractivity contribution in [3.8, 4) is 5.75 Å². The highest BCUT2D eigenvalue weighted by Crippen LogP contribution is 2.23. The molecule has 7 heteroatoms. The molecule has 0 saturated carbocycles. The number of hydrogen-bond acceptors (Lipinski definition) is 5. The lowest BCUT2D eigenvalue weighted by Crippen LogP contribution is -2.52. The number of methoxy groups -OCH3 is 1. The second-order valence-electron chi connectivity index (χ2n) is 6.97. The van der Waals surface area contributed by atoms with Gasteiger partial charge in [0.2, 0.25) is 5.91 Å². The van der Waals surface area contributed by atoms with E-state index >= 15 is 0 Å². The molecular weight excluding hydrogens is 346 g/mol. The number of amides is 2. The van der Waals surface area contributed by atoms with Crippen molar-refractivity contribution in [2.75, 3.05) is 57.9 Å². The van der Waals surface area contributed by atoms with Crippen LogP contribution in [-0.2, 0) is 9.53 Å². The fourth-order valence-corrected chi connectivity index (χ4v) is 3.76. The number of nitrogens with zero attached hydrogens (tertiary/aromatic N) is 3. The lowest BCUT2D eigenvalue weighted by atomic mass is 9.95. The first-order valence-corrected chi connectivity index (χ1v) is 9.72. The Bertz CT molecular complexity index is 633. The molecule has 7 nitrogen and oxygen atoms in total. The number of ether oxygens (including phenoxy) is 2. The van der Waals surface area contributed by atoms with Crippen LogP contribution in [-0.4, -0.2) is 74.8 Å². The van der Waals surface area contributed by atoms with Crippen molar-refractivity contribution in [1.29, 1.82) is 0 Å². The molecule has 0 spiro atoms. The maximum Gasteiger partial charge on any atom is 0.409 e. The largest absolute Gasteiger partial charge is 0.497 e. The first kappa shape index (κ1) is 19.3. The summed E-state index contributed by atoms with van der Waals surface area (Å²) in [4.78, 5) is 30.6. The minimum atomic E-state index is -0.267. The van der Waals surface area contributed by atoms with Gasteiger partial charge in [-0.2, -0.15) is 0 Å². The number of carbonyl (C=O) groups is 2. The molecule has 2 aliphatic rings. The lowest BCUT2D eigenvalue weighted by Gasteiger charge is -2.39. The fourth-order valence-electron chi connectivity index (χ4n) is 3.76. The van der Waals surface area contributed by atoms with E-state index in [1.54, 1.807) is 18.9 Å². The monoisotopic (exact) mass is 375 g/mol. The van der Waals surface area contributed by atoms with Crippen LogP contribution in [0.15, 0.2) is 24.3 Å². The summed E-state index contributed by atoms with van der Waals surface area (Å²) in [7, 11) is 1.66. The highest BCUT2D eigenvalue weighted by Gasteiger charge is 2.32. The smallest absolute Gasteiger partial charge is 0.409 e. The number of anilines is 1. The number of piperazine rings is 1. The maximum absolute atomic E-state index is 12.8. The molecule has 0 unspecified atom stereocenters. The predicted molar refractivity (Wildman–Crippen MR) is 103 cm³/mol. The molecule has 2 aliphatic heterocycles. The van der Waals surface area contributed by atoms with Crippen LogP contribution in [0, 0.1) is 5.92 Å². The Hall–Kier alpha value is -2.44. The maximum atomic E-state index is 12.8. The van der Waals surface area contributed by atoms with Crippen LogP contribution in [0.1, 0.15) is 19.8 Å². The van der Waals surface area contributed by atoms with Gasteiger partial charge in [-0.3, -0.25) is 4.79 Å². The molecule has 0 aliphatic carbocycles. The number of carbonyl (C=O) groups excluding carboxylic acids is 2. The second kappa shape index (κ2) is 8.97. The highest BCUT2D eigenvalue weighted by molar-refractivity contribution is 5.79. The number of hydrogen-bond donors (Lipinski definition) is 0. The van der Waals surface area contributed by atoms with Gasteiger partial charge in [-0.05, 0) is 44.0 Å². The first-order chi connectivity index (χ1) is 13.1. The molecule has 0 radical (unpaired) electrons. The zero-order valence-electron chi connectivity index (χ0n) is 16.2. The van der Waals surface area contributed by atoms with Crippen molar-refractivity contribution in [3.63, 3.8) is 0 Å². The summed E-state index contributed by atoms with van der Waals surface area (Å²) in [6.07, 6.45) is 1.17. The van der Waals surface area contributed by atoms with Gasteiger partial charge in [0.25, 0.3) is 0 Å². The summed E-state index contributed by atoms with van der Waals surface area (Å²) in [6, 6.07) is 8.04. The van der Waals surface area contributed by atoms with Crippen LogP contribution in [0.25, 0.3) is 0 Å². The number of rotatable bonds is 4. The van der Waals surface area contributed by atoms with Gasteiger partial charge in [0.15, 0.2) is 0 Å². The summed E-state index contributed by atoms with van der Waals surface area (Å²) >= 11 is 0. The molecular formula is C20H29N3O4. The molecule has 27 heavy (non-hydrogen) atoms. The van der Waals surface area contributed by atoms with Crippen molar-refractivity contribution < 1.29 is 19.1 Å². The quantitative estimate of drug-likeness (QED) is 0.807. The van der Waals surface area contributed by atoms with E-state index in [4.69, 9.17) is 9.47 Å². The fraction of sp³-hybridized carbons (Fsp3) is 0.600. The summed E-state index contributed by atoms with van der Waals surface area (Å²) in [6.45, 7) is 6.53. The van der Waals surface area contributed by atoms with E-state index < -0.39 is 0 Å². The normalized spacial score (nSPS) is 18.4. The van der Waals surface area contributed by atoms with Crippen molar-refractivity contribution >= 4 is 17.7 Å². The Labute approximate surface area is 160 Å². The Morgan fingerprint density at radius 2 is 1.59 bits per heavy atom. The van der Waals surface area contributed by atoms with Crippen molar-refractivity contribution in [2.45, 2.75) is 19.8 Å². The Morgan fingerprint density at radius 3 is 2.15 bits per heavy atom. The molecule has 2 fully saturated rings. The van der Waals surface area contributed by atoms with Crippen molar-refractivity contribution in [1.82, 2.24) is 9.80 Å². The molecule has 0 atom stereocenters. The molecule has 0 aromatic heterocycles. The molecule has 0 N–H and O–H groups in total. The summed E-state index contributed by atoms with van der Waals surface area (Å²) < 4.78 is 10.2. The van der Waals surface area contributed by atoms with E-state index in [0.29, 0.717) is 19.7 Å². The lowest BCUT2D eigenvalue weighted by molar-refractivity contribution is -0.137. The van der Waals surface area contributed by atoms with E-state index in [1.165, 1.54) is 0 Å². The third-order valence-corrected chi connectivity index (χ3v) is 5.40. The van der Waals surface area contributed by atoms with Crippen LogP contribution in [0.3, 0.4) is 0 Å². The Balaban J connectivity index is 1.46. The average molecular weight is 375 g/mol. The van der Waals surface area contributed by atoms with E-state index in [-0.39, 0.29) is 17.9 Å². The minimum absolute atomic E-state index is 0.0169. The second-order valence-corrected chi connectivity index (χ2v) is 6.97. The van der Waals surface area contributed by atoms with Gasteiger partial charge in [0.05, 0.1) is 13.7 Å². The molecule has 2 amide bonds. The number of likely N-dealkylation sites (tertiary alicyclic amines) is 1.